The summed E-state index contributed by atoms with van der Waals surface area (Å²) in [4.78, 5) is 29.1. The van der Waals surface area contributed by atoms with Crippen molar-refractivity contribution in [2.24, 2.45) is 0 Å². The molecule has 0 aliphatic rings. The molecule has 39 heavy (non-hydrogen) atoms. The molecule has 0 saturated heterocycles. The van der Waals surface area contributed by atoms with Gasteiger partial charge in [-0.15, -0.1) is 0 Å². The molecule has 3 aromatic carbocycles. The second kappa shape index (κ2) is 14.3. The van der Waals surface area contributed by atoms with Crippen LogP contribution in [0.1, 0.15) is 24.5 Å². The Morgan fingerprint density at radius 2 is 1.46 bits per heavy atom. The van der Waals surface area contributed by atoms with Gasteiger partial charge in [0.05, 0.1) is 5.69 Å². The minimum atomic E-state index is -4.01. The lowest BCUT2D eigenvalue weighted by Gasteiger charge is -2.34. The van der Waals surface area contributed by atoms with E-state index in [1.165, 1.54) is 19.0 Å². The topological polar surface area (TPSA) is 90.0 Å². The van der Waals surface area contributed by atoms with Crippen LogP contribution in [0.15, 0.2) is 89.4 Å². The van der Waals surface area contributed by atoms with Crippen molar-refractivity contribution in [3.8, 4) is 0 Å². The number of carbonyl (C=O) groups excluding carboxylic acids is 2. The maximum Gasteiger partial charge on any atom is 0.304 e. The highest BCUT2D eigenvalue weighted by Crippen LogP contribution is 2.22. The molecule has 0 spiro atoms. The molecule has 0 heterocycles. The normalized spacial score (nSPS) is 12.1. The Balaban J connectivity index is 2.05. The van der Waals surface area contributed by atoms with Gasteiger partial charge in [0.1, 0.15) is 12.6 Å². The predicted octanol–water partition coefficient (Wildman–Crippen LogP) is 4.23. The lowest BCUT2D eigenvalue weighted by Crippen LogP contribution is -2.54. The van der Waals surface area contributed by atoms with E-state index in [1.807, 2.05) is 61.5 Å². The largest absolute Gasteiger partial charge is 0.354 e. The van der Waals surface area contributed by atoms with E-state index in [-0.39, 0.29) is 18.9 Å². The fourth-order valence-electron chi connectivity index (χ4n) is 4.02. The Morgan fingerprint density at radius 3 is 2.03 bits per heavy atom. The fourth-order valence-corrected chi connectivity index (χ4v) is 5.34. The highest BCUT2D eigenvalue weighted by molar-refractivity contribution is 9.10. The molecule has 1 atom stereocenters. The van der Waals surface area contributed by atoms with Crippen LogP contribution in [-0.2, 0) is 32.8 Å². The zero-order valence-corrected chi connectivity index (χ0v) is 24.9. The molecule has 3 rings (SSSR count). The van der Waals surface area contributed by atoms with E-state index >= 15 is 0 Å². The molecule has 0 saturated carbocycles. The van der Waals surface area contributed by atoms with Gasteiger partial charge in [0.25, 0.3) is 0 Å². The molecular weight excluding hydrogens is 580 g/mol. The second-order valence-electron chi connectivity index (χ2n) is 9.28. The van der Waals surface area contributed by atoms with Crippen LogP contribution in [-0.4, -0.2) is 62.7 Å². The molecule has 0 bridgehead atoms. The standard InChI is InChI=1S/C29H35BrN4O4S/c1-4-19-31-29(36)27(20-23-11-7-5-8-12-23)33(21-24-15-17-25(30)18-16-24)28(35)22-34(39(37,38)32(2)3)26-13-9-6-10-14-26/h5-18,27H,4,19-22H2,1-3H3,(H,31,36)/t27-/m0/s1. The third-order valence-electron chi connectivity index (χ3n) is 6.15. The summed E-state index contributed by atoms with van der Waals surface area (Å²) in [6.45, 7) is 2.10. The third-order valence-corrected chi connectivity index (χ3v) is 8.50. The summed E-state index contributed by atoms with van der Waals surface area (Å²) in [6, 6.07) is 24.6. The van der Waals surface area contributed by atoms with Crippen LogP contribution in [0.2, 0.25) is 0 Å². The molecule has 0 aliphatic heterocycles. The van der Waals surface area contributed by atoms with Crippen molar-refractivity contribution in [1.82, 2.24) is 14.5 Å². The molecule has 0 aliphatic carbocycles. The molecular formula is C29H35BrN4O4S. The van der Waals surface area contributed by atoms with Gasteiger partial charge in [-0.3, -0.25) is 9.59 Å². The Bertz CT molecular complexity index is 1320. The number of benzene rings is 3. The number of hydrogen-bond donors (Lipinski definition) is 1. The second-order valence-corrected chi connectivity index (χ2v) is 12.3. The molecule has 2 amide bonds. The van der Waals surface area contributed by atoms with Crippen molar-refractivity contribution in [3.05, 3.63) is 101 Å². The molecule has 0 unspecified atom stereocenters. The molecule has 0 radical (unpaired) electrons. The summed E-state index contributed by atoms with van der Waals surface area (Å²) in [6.07, 6.45) is 1.03. The van der Waals surface area contributed by atoms with Gasteiger partial charge in [0.15, 0.2) is 0 Å². The van der Waals surface area contributed by atoms with Crippen LogP contribution in [0.25, 0.3) is 0 Å². The predicted molar refractivity (Wildman–Crippen MR) is 158 cm³/mol. The van der Waals surface area contributed by atoms with Crippen LogP contribution in [0.4, 0.5) is 5.69 Å². The first-order chi connectivity index (χ1) is 18.6. The van der Waals surface area contributed by atoms with E-state index in [9.17, 15) is 18.0 Å². The first kappa shape index (κ1) is 30.3. The van der Waals surface area contributed by atoms with Gasteiger partial charge in [0, 0.05) is 38.1 Å². The number of nitrogens with one attached hydrogen (secondary N) is 1. The number of hydrogen-bond acceptors (Lipinski definition) is 4. The Hall–Kier alpha value is -3.21. The maximum atomic E-state index is 14.1. The third kappa shape index (κ3) is 8.39. The van der Waals surface area contributed by atoms with Gasteiger partial charge in [-0.25, -0.2) is 4.31 Å². The Kier molecular flexibility index (Phi) is 11.1. The first-order valence-corrected chi connectivity index (χ1v) is 14.9. The van der Waals surface area contributed by atoms with Crippen molar-refractivity contribution in [2.45, 2.75) is 32.4 Å². The number of para-hydroxylation sites is 1. The quantitative estimate of drug-likeness (QED) is 0.312. The SMILES string of the molecule is CCCNC(=O)[C@H](Cc1ccccc1)N(Cc1ccc(Br)cc1)C(=O)CN(c1ccccc1)S(=O)(=O)N(C)C. The zero-order valence-electron chi connectivity index (χ0n) is 22.5. The highest BCUT2D eigenvalue weighted by atomic mass is 79.9. The highest BCUT2D eigenvalue weighted by Gasteiger charge is 2.34. The van der Waals surface area contributed by atoms with Crippen molar-refractivity contribution in [3.63, 3.8) is 0 Å². The van der Waals surface area contributed by atoms with E-state index in [0.717, 1.165) is 30.6 Å². The number of nitrogens with zero attached hydrogens (tertiary/aromatic N) is 3. The van der Waals surface area contributed by atoms with E-state index < -0.39 is 28.7 Å². The average molecular weight is 616 g/mol. The van der Waals surface area contributed by atoms with Crippen LogP contribution in [0.5, 0.6) is 0 Å². The van der Waals surface area contributed by atoms with E-state index in [0.29, 0.717) is 12.2 Å². The lowest BCUT2D eigenvalue weighted by atomic mass is 10.0. The van der Waals surface area contributed by atoms with Gasteiger partial charge in [0.2, 0.25) is 11.8 Å². The number of halogens is 1. The van der Waals surface area contributed by atoms with Crippen molar-refractivity contribution >= 4 is 43.6 Å². The van der Waals surface area contributed by atoms with Crippen molar-refractivity contribution < 1.29 is 18.0 Å². The Morgan fingerprint density at radius 1 is 0.872 bits per heavy atom. The lowest BCUT2D eigenvalue weighted by molar-refractivity contribution is -0.140. The number of rotatable bonds is 13. The monoisotopic (exact) mass is 614 g/mol. The average Bonchev–Trinajstić information content (AvgIpc) is 2.94. The molecule has 10 heteroatoms. The Labute approximate surface area is 239 Å². The molecule has 0 aromatic heterocycles. The minimum Gasteiger partial charge on any atom is -0.354 e. The zero-order chi connectivity index (χ0) is 28.4. The summed E-state index contributed by atoms with van der Waals surface area (Å²) in [7, 11) is -1.16. The van der Waals surface area contributed by atoms with Crippen LogP contribution < -0.4 is 9.62 Å². The molecule has 0 fully saturated rings. The summed E-state index contributed by atoms with van der Waals surface area (Å²) < 4.78 is 29.7. The molecule has 3 aromatic rings. The summed E-state index contributed by atoms with van der Waals surface area (Å²) in [5.41, 5.74) is 2.07. The van der Waals surface area contributed by atoms with Gasteiger partial charge < -0.3 is 10.2 Å². The van der Waals surface area contributed by atoms with Crippen LogP contribution >= 0.6 is 15.9 Å². The van der Waals surface area contributed by atoms with Crippen LogP contribution in [0.3, 0.4) is 0 Å². The smallest absolute Gasteiger partial charge is 0.304 e. The molecule has 1 N–H and O–H groups in total. The number of amides is 2. The summed E-state index contributed by atoms with van der Waals surface area (Å²) >= 11 is 3.44. The number of carbonyl (C=O) groups is 2. The van der Waals surface area contributed by atoms with Gasteiger partial charge in [-0.05, 0) is 41.8 Å². The summed E-state index contributed by atoms with van der Waals surface area (Å²) in [5, 5.41) is 2.94. The summed E-state index contributed by atoms with van der Waals surface area (Å²) in [5.74, 6) is -0.771. The maximum absolute atomic E-state index is 14.1. The first-order valence-electron chi connectivity index (χ1n) is 12.7. The fraction of sp³-hybridized carbons (Fsp3) is 0.310. The van der Waals surface area contributed by atoms with E-state index in [2.05, 4.69) is 21.2 Å². The van der Waals surface area contributed by atoms with E-state index in [4.69, 9.17) is 0 Å². The number of anilines is 1. The van der Waals surface area contributed by atoms with Crippen molar-refractivity contribution in [1.29, 1.82) is 0 Å². The van der Waals surface area contributed by atoms with Crippen LogP contribution in [0, 0.1) is 0 Å². The van der Waals surface area contributed by atoms with Gasteiger partial charge in [-0.1, -0.05) is 83.5 Å². The van der Waals surface area contributed by atoms with E-state index in [1.54, 1.807) is 30.3 Å². The van der Waals surface area contributed by atoms with Gasteiger partial charge in [-0.2, -0.15) is 12.7 Å². The van der Waals surface area contributed by atoms with Crippen molar-refractivity contribution in [2.75, 3.05) is 31.5 Å². The minimum absolute atomic E-state index is 0.133. The van der Waals surface area contributed by atoms with Gasteiger partial charge >= 0.3 is 10.2 Å². The molecule has 8 nitrogen and oxygen atoms in total. The molecule has 208 valence electrons.